The third kappa shape index (κ3) is 3.59. The summed E-state index contributed by atoms with van der Waals surface area (Å²) < 4.78 is 37.5. The van der Waals surface area contributed by atoms with E-state index in [1.165, 1.54) is 0 Å². The van der Waals surface area contributed by atoms with E-state index in [4.69, 9.17) is 5.73 Å². The Morgan fingerprint density at radius 1 is 1.41 bits per heavy atom. The zero-order valence-electron chi connectivity index (χ0n) is 9.80. The van der Waals surface area contributed by atoms with E-state index in [0.29, 0.717) is 13.0 Å². The molecule has 1 aromatic rings. The summed E-state index contributed by atoms with van der Waals surface area (Å²) in [6.07, 6.45) is -2.52. The van der Waals surface area contributed by atoms with Gasteiger partial charge in [0.1, 0.15) is 5.82 Å². The predicted molar refractivity (Wildman–Crippen MR) is 60.6 cm³/mol. The maximum absolute atomic E-state index is 12.5. The monoisotopic (exact) mass is 247 g/mol. The van der Waals surface area contributed by atoms with E-state index in [1.807, 2.05) is 13.8 Å². The largest absolute Gasteiger partial charge is 0.416 e. The summed E-state index contributed by atoms with van der Waals surface area (Å²) >= 11 is 0. The fourth-order valence-electron chi connectivity index (χ4n) is 1.27. The topological polar surface area (TPSA) is 50.9 Å². The molecule has 0 spiro atoms. The Morgan fingerprint density at radius 2 is 2.06 bits per heavy atom. The molecular formula is C11H16F3N3. The van der Waals surface area contributed by atoms with Crippen LogP contribution in [0, 0.1) is 0 Å². The number of nitrogens with one attached hydrogen (secondary N) is 1. The number of anilines is 1. The van der Waals surface area contributed by atoms with Gasteiger partial charge in [-0.1, -0.05) is 6.92 Å². The molecule has 3 nitrogen and oxygen atoms in total. The van der Waals surface area contributed by atoms with Crippen LogP contribution >= 0.6 is 0 Å². The number of hydrogen-bond donors (Lipinski definition) is 2. The number of nitrogens with zero attached hydrogens (tertiary/aromatic N) is 1. The summed E-state index contributed by atoms with van der Waals surface area (Å²) in [6.45, 7) is 4.07. The Balaban J connectivity index is 2.93. The first-order chi connectivity index (χ1) is 7.80. The van der Waals surface area contributed by atoms with Crippen molar-refractivity contribution in [2.24, 2.45) is 5.73 Å². The van der Waals surface area contributed by atoms with Gasteiger partial charge in [-0.3, -0.25) is 0 Å². The number of pyridine rings is 1. The molecule has 6 heteroatoms. The van der Waals surface area contributed by atoms with Crippen LogP contribution in [0.1, 0.15) is 25.8 Å². The van der Waals surface area contributed by atoms with Gasteiger partial charge in [0.2, 0.25) is 0 Å². The van der Waals surface area contributed by atoms with Crippen LogP contribution < -0.4 is 11.1 Å². The van der Waals surface area contributed by atoms with Crippen LogP contribution in [-0.4, -0.2) is 17.1 Å². The Labute approximate surface area is 98.2 Å². The van der Waals surface area contributed by atoms with Crippen molar-refractivity contribution in [3.8, 4) is 0 Å². The molecule has 0 fully saturated rings. The van der Waals surface area contributed by atoms with Crippen molar-refractivity contribution >= 4 is 5.82 Å². The fraction of sp³-hybridized carbons (Fsp3) is 0.545. The standard InChI is InChI=1S/C11H16F3N3/c1-3-10(2,7-15)17-9-6-8(4-5-16-9)11(12,13)14/h4-6H,3,7,15H2,1-2H3,(H,16,17). The highest BCUT2D eigenvalue weighted by Crippen LogP contribution is 2.30. The zero-order chi connectivity index (χ0) is 13.1. The van der Waals surface area contributed by atoms with Crippen LogP contribution in [0.25, 0.3) is 0 Å². The SMILES string of the molecule is CCC(C)(CN)Nc1cc(C(F)(F)F)ccn1. The number of hydrogen-bond acceptors (Lipinski definition) is 3. The van der Waals surface area contributed by atoms with E-state index in [1.54, 1.807) is 0 Å². The minimum Gasteiger partial charge on any atom is -0.364 e. The van der Waals surface area contributed by atoms with Crippen LogP contribution in [0.2, 0.25) is 0 Å². The number of aromatic nitrogens is 1. The minimum atomic E-state index is -4.36. The molecule has 0 aromatic carbocycles. The summed E-state index contributed by atoms with van der Waals surface area (Å²) in [7, 11) is 0. The lowest BCUT2D eigenvalue weighted by Crippen LogP contribution is -2.42. The molecule has 0 aliphatic carbocycles. The van der Waals surface area contributed by atoms with Gasteiger partial charge in [-0.2, -0.15) is 13.2 Å². The number of alkyl halides is 3. The summed E-state index contributed by atoms with van der Waals surface area (Å²) in [5, 5.41) is 2.93. The first-order valence-electron chi connectivity index (χ1n) is 5.32. The second-order valence-electron chi connectivity index (χ2n) is 4.17. The number of nitrogens with two attached hydrogens (primary N) is 1. The molecule has 96 valence electrons. The molecule has 1 atom stereocenters. The molecule has 0 aliphatic heterocycles. The van der Waals surface area contributed by atoms with Crippen molar-refractivity contribution in [3.63, 3.8) is 0 Å². The van der Waals surface area contributed by atoms with Gasteiger partial charge in [0, 0.05) is 18.3 Å². The average Bonchev–Trinajstić information content (AvgIpc) is 2.28. The average molecular weight is 247 g/mol. The van der Waals surface area contributed by atoms with E-state index in [2.05, 4.69) is 10.3 Å². The van der Waals surface area contributed by atoms with E-state index in [-0.39, 0.29) is 5.82 Å². The van der Waals surface area contributed by atoms with Crippen molar-refractivity contribution in [3.05, 3.63) is 23.9 Å². The Morgan fingerprint density at radius 3 is 2.53 bits per heavy atom. The highest BCUT2D eigenvalue weighted by atomic mass is 19.4. The Hall–Kier alpha value is -1.30. The summed E-state index contributed by atoms with van der Waals surface area (Å²) in [5.74, 6) is 0.189. The zero-order valence-corrected chi connectivity index (χ0v) is 9.80. The number of halogens is 3. The van der Waals surface area contributed by atoms with Gasteiger partial charge >= 0.3 is 6.18 Å². The third-order valence-corrected chi connectivity index (χ3v) is 2.75. The molecule has 3 N–H and O–H groups in total. The third-order valence-electron chi connectivity index (χ3n) is 2.75. The quantitative estimate of drug-likeness (QED) is 0.860. The molecule has 0 saturated heterocycles. The second-order valence-corrected chi connectivity index (χ2v) is 4.17. The van der Waals surface area contributed by atoms with Crippen LogP contribution in [0.5, 0.6) is 0 Å². The van der Waals surface area contributed by atoms with E-state index in [9.17, 15) is 13.2 Å². The van der Waals surface area contributed by atoms with Crippen molar-refractivity contribution in [2.45, 2.75) is 32.0 Å². The molecule has 0 bridgehead atoms. The van der Waals surface area contributed by atoms with Gasteiger partial charge < -0.3 is 11.1 Å². The summed E-state index contributed by atoms with van der Waals surface area (Å²) in [4.78, 5) is 3.87. The van der Waals surface area contributed by atoms with Gasteiger partial charge in [0.05, 0.1) is 5.56 Å². The maximum Gasteiger partial charge on any atom is 0.416 e. The molecule has 0 saturated carbocycles. The molecule has 17 heavy (non-hydrogen) atoms. The highest BCUT2D eigenvalue weighted by Gasteiger charge is 2.31. The summed E-state index contributed by atoms with van der Waals surface area (Å²) in [6, 6.07) is 1.93. The molecule has 0 aliphatic rings. The lowest BCUT2D eigenvalue weighted by Gasteiger charge is -2.28. The molecule has 0 radical (unpaired) electrons. The second kappa shape index (κ2) is 4.91. The van der Waals surface area contributed by atoms with Crippen molar-refractivity contribution in [1.29, 1.82) is 0 Å². The first-order valence-corrected chi connectivity index (χ1v) is 5.32. The molecule has 0 amide bonds. The molecule has 1 heterocycles. The van der Waals surface area contributed by atoms with Crippen molar-refractivity contribution < 1.29 is 13.2 Å². The minimum absolute atomic E-state index is 0.189. The van der Waals surface area contributed by atoms with Gasteiger partial charge in [0.15, 0.2) is 0 Å². The van der Waals surface area contributed by atoms with Crippen molar-refractivity contribution in [2.75, 3.05) is 11.9 Å². The van der Waals surface area contributed by atoms with Crippen LogP contribution in [-0.2, 0) is 6.18 Å². The normalized spacial score (nSPS) is 15.4. The fourth-order valence-corrected chi connectivity index (χ4v) is 1.27. The van der Waals surface area contributed by atoms with Crippen LogP contribution in [0.15, 0.2) is 18.3 Å². The van der Waals surface area contributed by atoms with Gasteiger partial charge in [-0.25, -0.2) is 4.98 Å². The number of rotatable bonds is 4. The smallest absolute Gasteiger partial charge is 0.364 e. The Bertz CT molecular complexity index is 372. The molecule has 1 unspecified atom stereocenters. The lowest BCUT2D eigenvalue weighted by molar-refractivity contribution is -0.137. The van der Waals surface area contributed by atoms with Gasteiger partial charge in [-0.15, -0.1) is 0 Å². The van der Waals surface area contributed by atoms with Gasteiger partial charge in [-0.05, 0) is 25.5 Å². The molecule has 1 rings (SSSR count). The molecule has 1 aromatic heterocycles. The van der Waals surface area contributed by atoms with E-state index >= 15 is 0 Å². The lowest BCUT2D eigenvalue weighted by atomic mass is 9.99. The summed E-state index contributed by atoms with van der Waals surface area (Å²) in [5.41, 5.74) is 4.41. The predicted octanol–water partition coefficient (Wildman–Crippen LogP) is 2.64. The highest BCUT2D eigenvalue weighted by molar-refractivity contribution is 5.41. The van der Waals surface area contributed by atoms with Crippen LogP contribution in [0.3, 0.4) is 0 Å². The van der Waals surface area contributed by atoms with Crippen molar-refractivity contribution in [1.82, 2.24) is 4.98 Å². The van der Waals surface area contributed by atoms with E-state index < -0.39 is 17.3 Å². The van der Waals surface area contributed by atoms with Gasteiger partial charge in [0.25, 0.3) is 0 Å². The van der Waals surface area contributed by atoms with Crippen LogP contribution in [0.4, 0.5) is 19.0 Å². The Kier molecular flexibility index (Phi) is 3.98. The maximum atomic E-state index is 12.5. The molecular weight excluding hydrogens is 231 g/mol. The first kappa shape index (κ1) is 13.8. The van der Waals surface area contributed by atoms with E-state index in [0.717, 1.165) is 18.3 Å².